The Morgan fingerprint density at radius 3 is 2.12 bits per heavy atom. The van der Waals surface area contributed by atoms with Gasteiger partial charge in [0.05, 0.1) is 6.61 Å². The van der Waals surface area contributed by atoms with Gasteiger partial charge in [0.1, 0.15) is 42.2 Å². The van der Waals surface area contributed by atoms with Crippen LogP contribution in [0.25, 0.3) is 6.08 Å². The largest absolute Gasteiger partial charge is 0.504 e. The number of aliphatic hydroxyl groups is 4. The maximum atomic E-state index is 13.8. The third-order valence-electron chi connectivity index (χ3n) is 8.38. The predicted molar refractivity (Wildman–Crippen MR) is 190 cm³/mol. The van der Waals surface area contributed by atoms with Crippen molar-refractivity contribution in [3.8, 4) is 17.2 Å². The molecule has 1 fully saturated rings. The van der Waals surface area contributed by atoms with Gasteiger partial charge < -0.3 is 73.3 Å². The first-order chi connectivity index (χ1) is 24.9. The fourth-order valence-electron chi connectivity index (χ4n) is 5.70. The predicted octanol–water partition coefficient (Wildman–Crippen LogP) is -1.86. The number of hydrogen-bond acceptors (Lipinski definition) is 12. The maximum absolute atomic E-state index is 13.8. The highest BCUT2D eigenvalue weighted by Crippen LogP contribution is 2.51. The normalized spacial score (nSPS) is 23.7. The molecule has 18 nitrogen and oxygen atoms in total. The number of aliphatic imine (C=N–C) groups is 2. The molecule has 2 aromatic carbocycles. The highest BCUT2D eigenvalue weighted by molar-refractivity contribution is 5.92. The van der Waals surface area contributed by atoms with Gasteiger partial charge in [-0.15, -0.1) is 0 Å². The topological polar surface area (TPSA) is 316 Å². The van der Waals surface area contributed by atoms with E-state index in [1.165, 1.54) is 30.4 Å². The molecule has 7 atom stereocenters. The van der Waals surface area contributed by atoms with Gasteiger partial charge in [0.15, 0.2) is 23.4 Å². The number of ether oxygens (including phenoxy) is 3. The lowest BCUT2D eigenvalue weighted by molar-refractivity contribution is -0.277. The average molecular weight is 729 g/mol. The Bertz CT molecular complexity index is 1600. The molecule has 15 N–H and O–H groups in total. The fraction of sp³-hybridized carbons (Fsp3) is 0.471. The van der Waals surface area contributed by atoms with Crippen molar-refractivity contribution < 1.29 is 49.3 Å². The van der Waals surface area contributed by atoms with Crippen molar-refractivity contribution in [1.29, 1.82) is 0 Å². The molecule has 52 heavy (non-hydrogen) atoms. The van der Waals surface area contributed by atoms with Gasteiger partial charge in [-0.05, 0) is 67.2 Å². The van der Waals surface area contributed by atoms with E-state index in [1.54, 1.807) is 18.2 Å². The highest BCUT2D eigenvalue weighted by atomic mass is 16.7. The second-order valence-electron chi connectivity index (χ2n) is 12.3. The number of benzene rings is 2. The number of guanidine groups is 2. The molecule has 0 aromatic heterocycles. The lowest BCUT2D eigenvalue weighted by Gasteiger charge is -2.39. The fourth-order valence-corrected chi connectivity index (χ4v) is 5.70. The number of carbonyl (C=O) groups is 2. The van der Waals surface area contributed by atoms with Crippen molar-refractivity contribution in [1.82, 2.24) is 10.6 Å². The van der Waals surface area contributed by atoms with Gasteiger partial charge in [0, 0.05) is 37.8 Å². The molecule has 0 spiro atoms. The monoisotopic (exact) mass is 728 g/mol. The van der Waals surface area contributed by atoms with E-state index in [-0.39, 0.29) is 41.0 Å². The Labute approximate surface area is 300 Å². The third kappa shape index (κ3) is 10.7. The van der Waals surface area contributed by atoms with Crippen LogP contribution in [0.4, 0.5) is 0 Å². The van der Waals surface area contributed by atoms with Crippen LogP contribution < -0.4 is 43.0 Å². The zero-order valence-electron chi connectivity index (χ0n) is 28.5. The number of carbonyl (C=O) groups excluding carboxylic acids is 2. The van der Waals surface area contributed by atoms with Crippen molar-refractivity contribution >= 4 is 29.8 Å². The molecule has 284 valence electrons. The minimum atomic E-state index is -1.61. The minimum absolute atomic E-state index is 0.0122. The summed E-state index contributed by atoms with van der Waals surface area (Å²) >= 11 is 0. The molecule has 1 saturated heterocycles. The molecule has 2 aromatic rings. The van der Waals surface area contributed by atoms with Crippen LogP contribution in [0.3, 0.4) is 0 Å². The summed E-state index contributed by atoms with van der Waals surface area (Å²) in [5, 5.41) is 56.7. The van der Waals surface area contributed by atoms with Crippen molar-refractivity contribution in [2.45, 2.75) is 68.4 Å². The Balaban J connectivity index is 1.50. The molecule has 2 heterocycles. The number of phenolic OH excluding ortho intramolecular Hbond substituents is 1. The van der Waals surface area contributed by atoms with Crippen LogP contribution >= 0.6 is 0 Å². The summed E-state index contributed by atoms with van der Waals surface area (Å²) in [6, 6.07) is 9.43. The van der Waals surface area contributed by atoms with Gasteiger partial charge in [-0.25, -0.2) is 0 Å². The summed E-state index contributed by atoms with van der Waals surface area (Å²) in [4.78, 5) is 34.0. The molecule has 0 aliphatic carbocycles. The van der Waals surface area contributed by atoms with Crippen LogP contribution in [-0.2, 0) is 14.3 Å². The van der Waals surface area contributed by atoms with Crippen molar-refractivity contribution in [2.75, 3.05) is 32.8 Å². The first kappa shape index (κ1) is 39.6. The second kappa shape index (κ2) is 18.9. The summed E-state index contributed by atoms with van der Waals surface area (Å²) in [5.41, 5.74) is 22.8. The summed E-state index contributed by atoms with van der Waals surface area (Å²) in [5.74, 6) is -1.53. The summed E-state index contributed by atoms with van der Waals surface area (Å²) < 4.78 is 17.3. The van der Waals surface area contributed by atoms with Crippen LogP contribution in [-0.4, -0.2) is 113 Å². The van der Waals surface area contributed by atoms with Crippen LogP contribution in [0, 0.1) is 0 Å². The van der Waals surface area contributed by atoms with Crippen LogP contribution in [0.2, 0.25) is 0 Å². The SMILES string of the molecule is NC(N)=NCCCCNC(=O)/C=C\c1cc(O)c2c(c1)C(C(=O)NCCCCN=C(N)N)C(c1ccc(OC3OC(CO)C(O)C(O)C3O)cc1)O2. The number of amides is 2. The number of nitrogens with two attached hydrogens (primary N) is 4. The molecular weight excluding hydrogens is 680 g/mol. The maximum Gasteiger partial charge on any atom is 0.243 e. The number of hydrogen-bond donors (Lipinski definition) is 11. The number of fused-ring (bicyclic) bond motifs is 1. The summed E-state index contributed by atoms with van der Waals surface area (Å²) in [6.45, 7) is 0.986. The van der Waals surface area contributed by atoms with E-state index >= 15 is 0 Å². The van der Waals surface area contributed by atoms with Crippen molar-refractivity contribution in [3.63, 3.8) is 0 Å². The Morgan fingerprint density at radius 2 is 1.50 bits per heavy atom. The number of aliphatic hydroxyl groups excluding tert-OH is 4. The van der Waals surface area contributed by atoms with Gasteiger partial charge in [-0.3, -0.25) is 19.6 Å². The number of phenols is 1. The molecule has 0 bridgehead atoms. The Morgan fingerprint density at radius 1 is 0.865 bits per heavy atom. The number of nitrogens with zero attached hydrogens (tertiary/aromatic N) is 2. The van der Waals surface area contributed by atoms with E-state index in [0.29, 0.717) is 68.6 Å². The third-order valence-corrected chi connectivity index (χ3v) is 8.38. The van der Waals surface area contributed by atoms with E-state index in [9.17, 15) is 35.1 Å². The zero-order valence-corrected chi connectivity index (χ0v) is 28.5. The minimum Gasteiger partial charge on any atom is -0.504 e. The van der Waals surface area contributed by atoms with E-state index in [0.717, 1.165) is 0 Å². The Hall–Kier alpha value is -5.14. The van der Waals surface area contributed by atoms with E-state index in [4.69, 9.17) is 37.1 Å². The van der Waals surface area contributed by atoms with E-state index < -0.39 is 49.3 Å². The molecular formula is C34H48N8O10. The molecule has 0 radical (unpaired) electrons. The molecule has 0 saturated carbocycles. The van der Waals surface area contributed by atoms with Gasteiger partial charge in [-0.1, -0.05) is 12.1 Å². The molecule has 4 rings (SSSR count). The molecule has 7 unspecified atom stereocenters. The molecule has 2 aliphatic rings. The number of nitrogens with one attached hydrogen (secondary N) is 2. The lowest BCUT2D eigenvalue weighted by atomic mass is 9.89. The lowest BCUT2D eigenvalue weighted by Crippen LogP contribution is -2.60. The molecule has 18 heteroatoms. The zero-order chi connectivity index (χ0) is 37.8. The van der Waals surface area contributed by atoms with Crippen molar-refractivity contribution in [3.05, 3.63) is 59.2 Å². The number of unbranched alkanes of at least 4 members (excludes halogenated alkanes) is 2. The van der Waals surface area contributed by atoms with Crippen LogP contribution in [0.5, 0.6) is 17.2 Å². The first-order valence-electron chi connectivity index (χ1n) is 16.8. The van der Waals surface area contributed by atoms with Gasteiger partial charge >= 0.3 is 0 Å². The first-order valence-corrected chi connectivity index (χ1v) is 16.8. The Kier molecular flexibility index (Phi) is 14.4. The molecule has 2 amide bonds. The summed E-state index contributed by atoms with van der Waals surface area (Å²) in [6.07, 6.45) is -2.74. The number of aromatic hydroxyl groups is 1. The van der Waals surface area contributed by atoms with Gasteiger partial charge in [0.25, 0.3) is 0 Å². The summed E-state index contributed by atoms with van der Waals surface area (Å²) in [7, 11) is 0. The van der Waals surface area contributed by atoms with E-state index in [2.05, 4.69) is 20.6 Å². The molecule has 2 aliphatic heterocycles. The van der Waals surface area contributed by atoms with Crippen LogP contribution in [0.1, 0.15) is 54.4 Å². The van der Waals surface area contributed by atoms with Crippen molar-refractivity contribution in [2.24, 2.45) is 32.9 Å². The standard InChI is InChI=1S/C34H48N8O10/c35-33(36)41-13-3-1-11-39-24(45)10-5-18-15-21-25(31(49)40-12-2-4-14-42-34(37)38)29(52-30(21)22(44)16-18)19-6-8-20(9-7-19)50-32-28(48)27(47)26(46)23(17-43)51-32/h5-10,15-16,23,25-29,32,43-44,46-48H,1-4,11-14,17H2,(H,39,45)(H,40,49)(H4,35,36,41)(H4,37,38,42)/b10-5-. The smallest absolute Gasteiger partial charge is 0.243 e. The average Bonchev–Trinajstić information content (AvgIpc) is 3.50. The second-order valence-corrected chi connectivity index (χ2v) is 12.3. The van der Waals surface area contributed by atoms with Gasteiger partial charge in [-0.2, -0.15) is 0 Å². The highest BCUT2D eigenvalue weighted by Gasteiger charge is 2.45. The number of rotatable bonds is 17. The van der Waals surface area contributed by atoms with Crippen LogP contribution in [0.15, 0.2) is 52.5 Å². The van der Waals surface area contributed by atoms with E-state index in [1.807, 2.05) is 0 Å². The van der Waals surface area contributed by atoms with Gasteiger partial charge in [0.2, 0.25) is 18.1 Å². The quantitative estimate of drug-likeness (QED) is 0.0369.